The van der Waals surface area contributed by atoms with Gasteiger partial charge in [0.05, 0.1) is 12.2 Å². The zero-order valence-corrected chi connectivity index (χ0v) is 16.7. The van der Waals surface area contributed by atoms with Crippen molar-refractivity contribution in [3.05, 3.63) is 70.7 Å². The Morgan fingerprint density at radius 2 is 1.84 bits per heavy atom. The van der Waals surface area contributed by atoms with Gasteiger partial charge in [-0.3, -0.25) is 9.78 Å². The van der Waals surface area contributed by atoms with E-state index in [9.17, 15) is 24.2 Å². The molecule has 0 spiro atoms. The van der Waals surface area contributed by atoms with E-state index in [1.165, 1.54) is 24.4 Å². The Hall–Kier alpha value is -3.52. The molecule has 3 aromatic rings. The predicted octanol–water partition coefficient (Wildman–Crippen LogP) is 3.23. The van der Waals surface area contributed by atoms with E-state index in [2.05, 4.69) is 4.98 Å². The zero-order valence-electron chi connectivity index (χ0n) is 16.7. The van der Waals surface area contributed by atoms with Crippen molar-refractivity contribution >= 4 is 22.8 Å². The van der Waals surface area contributed by atoms with E-state index in [-0.39, 0.29) is 28.4 Å². The molecule has 31 heavy (non-hydrogen) atoms. The first-order valence-electron chi connectivity index (χ1n) is 9.93. The van der Waals surface area contributed by atoms with E-state index >= 15 is 0 Å². The van der Waals surface area contributed by atoms with Crippen molar-refractivity contribution in [2.24, 2.45) is 0 Å². The molecule has 0 saturated carbocycles. The van der Waals surface area contributed by atoms with Crippen LogP contribution in [0.4, 0.5) is 4.39 Å². The number of carbonyl (C=O) groups is 2. The maximum Gasteiger partial charge on any atom is 0.339 e. The summed E-state index contributed by atoms with van der Waals surface area (Å²) >= 11 is 0. The summed E-state index contributed by atoms with van der Waals surface area (Å²) in [5.41, 5.74) is 1.44. The SMILES string of the molecule is O=C(O)c1cc(C(=O)N2CCCOCC2)c2cc(Cc3ccc(F)cc3)cnc2c1O. The van der Waals surface area contributed by atoms with Crippen molar-refractivity contribution in [1.29, 1.82) is 0 Å². The van der Waals surface area contributed by atoms with E-state index < -0.39 is 11.7 Å². The molecule has 1 aliphatic rings. The van der Waals surface area contributed by atoms with Gasteiger partial charge < -0.3 is 19.8 Å². The molecule has 0 bridgehead atoms. The van der Waals surface area contributed by atoms with Crippen LogP contribution in [0.15, 0.2) is 42.6 Å². The third-order valence-corrected chi connectivity index (χ3v) is 5.29. The third kappa shape index (κ3) is 4.34. The molecule has 2 aromatic carbocycles. The number of carboxylic acid groups (broad SMARTS) is 1. The number of halogens is 1. The lowest BCUT2D eigenvalue weighted by Crippen LogP contribution is -2.33. The van der Waals surface area contributed by atoms with Gasteiger partial charge in [-0.1, -0.05) is 12.1 Å². The standard InChI is InChI=1S/C23H21FN2O5/c24-16-4-2-14(3-5-16)10-15-11-17-18(22(28)26-6-1-8-31-9-7-26)12-19(23(29)30)21(27)20(17)25-13-15/h2-5,11-13,27H,1,6-10H2,(H,29,30). The summed E-state index contributed by atoms with van der Waals surface area (Å²) in [6, 6.07) is 8.98. The molecule has 4 rings (SSSR count). The highest BCUT2D eigenvalue weighted by molar-refractivity contribution is 6.11. The number of rotatable bonds is 4. The molecule has 1 fully saturated rings. The smallest absolute Gasteiger partial charge is 0.339 e. The van der Waals surface area contributed by atoms with Crippen molar-refractivity contribution in [3.63, 3.8) is 0 Å². The highest BCUT2D eigenvalue weighted by Crippen LogP contribution is 2.32. The van der Waals surface area contributed by atoms with Crippen LogP contribution < -0.4 is 0 Å². The Bertz CT molecular complexity index is 1140. The Labute approximate surface area is 177 Å². The van der Waals surface area contributed by atoms with Crippen molar-refractivity contribution < 1.29 is 28.9 Å². The summed E-state index contributed by atoms with van der Waals surface area (Å²) in [5.74, 6) is -2.49. The summed E-state index contributed by atoms with van der Waals surface area (Å²) in [5, 5.41) is 20.3. The normalized spacial score (nSPS) is 14.4. The lowest BCUT2D eigenvalue weighted by molar-refractivity contribution is 0.0694. The van der Waals surface area contributed by atoms with Crippen molar-refractivity contribution in [1.82, 2.24) is 9.88 Å². The van der Waals surface area contributed by atoms with Crippen LogP contribution >= 0.6 is 0 Å². The highest BCUT2D eigenvalue weighted by Gasteiger charge is 2.25. The number of amides is 1. The molecule has 2 heterocycles. The van der Waals surface area contributed by atoms with Gasteiger partial charge in [-0.05, 0) is 48.2 Å². The van der Waals surface area contributed by atoms with Crippen LogP contribution in [0.25, 0.3) is 10.9 Å². The first kappa shape index (κ1) is 20.7. The number of ether oxygens (including phenoxy) is 1. The maximum absolute atomic E-state index is 13.3. The van der Waals surface area contributed by atoms with E-state index in [0.717, 1.165) is 11.1 Å². The lowest BCUT2D eigenvalue weighted by atomic mass is 9.98. The second-order valence-corrected chi connectivity index (χ2v) is 7.43. The summed E-state index contributed by atoms with van der Waals surface area (Å²) in [6.45, 7) is 1.85. The molecule has 0 atom stereocenters. The fraction of sp³-hybridized carbons (Fsp3) is 0.261. The molecule has 1 aromatic heterocycles. The number of pyridine rings is 1. The van der Waals surface area contributed by atoms with Crippen LogP contribution in [0, 0.1) is 5.82 Å². The number of benzene rings is 2. The molecule has 1 aliphatic heterocycles. The van der Waals surface area contributed by atoms with Gasteiger partial charge in [0.15, 0.2) is 5.75 Å². The Balaban J connectivity index is 1.80. The van der Waals surface area contributed by atoms with E-state index in [1.807, 2.05) is 0 Å². The monoisotopic (exact) mass is 424 g/mol. The fourth-order valence-corrected chi connectivity index (χ4v) is 3.71. The number of aromatic nitrogens is 1. The molecule has 8 heteroatoms. The second-order valence-electron chi connectivity index (χ2n) is 7.43. The van der Waals surface area contributed by atoms with Crippen LogP contribution in [0.3, 0.4) is 0 Å². The van der Waals surface area contributed by atoms with E-state index in [0.29, 0.717) is 44.5 Å². The second kappa shape index (κ2) is 8.69. The molecule has 1 amide bonds. The minimum Gasteiger partial charge on any atom is -0.505 e. The van der Waals surface area contributed by atoms with Crippen LogP contribution in [0.2, 0.25) is 0 Å². The van der Waals surface area contributed by atoms with Gasteiger partial charge in [-0.25, -0.2) is 9.18 Å². The first-order valence-corrected chi connectivity index (χ1v) is 9.93. The summed E-state index contributed by atoms with van der Waals surface area (Å²) in [7, 11) is 0. The summed E-state index contributed by atoms with van der Waals surface area (Å²) < 4.78 is 18.6. The quantitative estimate of drug-likeness (QED) is 0.667. The number of aromatic carboxylic acids is 1. The van der Waals surface area contributed by atoms with Crippen molar-refractivity contribution in [2.45, 2.75) is 12.8 Å². The van der Waals surface area contributed by atoms with Gasteiger partial charge >= 0.3 is 5.97 Å². The topological polar surface area (TPSA) is 100.0 Å². The van der Waals surface area contributed by atoms with Crippen molar-refractivity contribution in [2.75, 3.05) is 26.3 Å². The molecule has 1 saturated heterocycles. The number of phenols is 1. The number of nitrogens with zero attached hydrogens (tertiary/aromatic N) is 2. The van der Waals surface area contributed by atoms with Gasteiger partial charge in [-0.2, -0.15) is 0 Å². The molecule has 0 unspecified atom stereocenters. The molecule has 160 valence electrons. The maximum atomic E-state index is 13.3. The van der Waals surface area contributed by atoms with Crippen LogP contribution in [0.5, 0.6) is 5.75 Å². The number of carboxylic acids is 1. The minimum absolute atomic E-state index is 0.0529. The van der Waals surface area contributed by atoms with Crippen LogP contribution in [0.1, 0.15) is 38.3 Å². The Morgan fingerprint density at radius 1 is 1.06 bits per heavy atom. The molecule has 0 aliphatic carbocycles. The van der Waals surface area contributed by atoms with Crippen LogP contribution in [-0.4, -0.2) is 58.3 Å². The molecule has 0 radical (unpaired) electrons. The van der Waals surface area contributed by atoms with Gasteiger partial charge in [0.25, 0.3) is 5.91 Å². The van der Waals surface area contributed by atoms with Gasteiger partial charge in [0.1, 0.15) is 16.9 Å². The van der Waals surface area contributed by atoms with Gasteiger partial charge in [-0.15, -0.1) is 0 Å². The van der Waals surface area contributed by atoms with E-state index in [1.54, 1.807) is 23.1 Å². The molecular formula is C23H21FN2O5. The number of aromatic hydroxyl groups is 1. The number of carbonyl (C=O) groups excluding carboxylic acids is 1. The summed E-state index contributed by atoms with van der Waals surface area (Å²) in [4.78, 5) is 30.8. The largest absolute Gasteiger partial charge is 0.505 e. The lowest BCUT2D eigenvalue weighted by Gasteiger charge is -2.21. The fourth-order valence-electron chi connectivity index (χ4n) is 3.71. The third-order valence-electron chi connectivity index (χ3n) is 5.29. The predicted molar refractivity (Wildman–Crippen MR) is 111 cm³/mol. The molecule has 7 nitrogen and oxygen atoms in total. The summed E-state index contributed by atoms with van der Waals surface area (Å²) in [6.07, 6.45) is 2.64. The first-order chi connectivity index (χ1) is 14.9. The molecular weight excluding hydrogens is 403 g/mol. The van der Waals surface area contributed by atoms with Crippen molar-refractivity contribution in [3.8, 4) is 5.75 Å². The zero-order chi connectivity index (χ0) is 22.0. The van der Waals surface area contributed by atoms with Gasteiger partial charge in [0.2, 0.25) is 0 Å². The number of fused-ring (bicyclic) bond motifs is 1. The average molecular weight is 424 g/mol. The number of hydrogen-bond donors (Lipinski definition) is 2. The minimum atomic E-state index is -1.34. The highest BCUT2D eigenvalue weighted by atomic mass is 19.1. The molecule has 2 N–H and O–H groups in total. The Kier molecular flexibility index (Phi) is 5.81. The Morgan fingerprint density at radius 3 is 2.58 bits per heavy atom. The average Bonchev–Trinajstić information content (AvgIpc) is 3.04. The van der Waals surface area contributed by atoms with E-state index in [4.69, 9.17) is 4.74 Å². The van der Waals surface area contributed by atoms with Crippen LogP contribution in [-0.2, 0) is 11.2 Å². The number of hydrogen-bond acceptors (Lipinski definition) is 5. The van der Waals surface area contributed by atoms with Gasteiger partial charge in [0, 0.05) is 31.3 Å².